The van der Waals surface area contributed by atoms with Crippen LogP contribution in [0.1, 0.15) is 44.1 Å². The third-order valence-corrected chi connectivity index (χ3v) is 4.73. The summed E-state index contributed by atoms with van der Waals surface area (Å²) < 4.78 is 19.1. The van der Waals surface area contributed by atoms with Crippen molar-refractivity contribution in [3.05, 3.63) is 47.9 Å². The second kappa shape index (κ2) is 6.47. The average Bonchev–Trinajstić information content (AvgIpc) is 2.56. The normalized spacial score (nSPS) is 21.6. The molecule has 0 atom stereocenters. The molecule has 1 aromatic carbocycles. The smallest absolute Gasteiger partial charge is 0.136 e. The molecule has 0 saturated heterocycles. The lowest BCUT2D eigenvalue weighted by atomic mass is 9.80. The van der Waals surface area contributed by atoms with Crippen LogP contribution in [0.5, 0.6) is 5.75 Å². The molecular weight excluding hydrogens is 277 g/mol. The predicted molar refractivity (Wildman–Crippen MR) is 86.6 cm³/mol. The molecule has 3 heteroatoms. The van der Waals surface area contributed by atoms with E-state index in [1.54, 1.807) is 12.1 Å². The SMILES string of the molecule is COc1ccc(-c2ccc([C@H]3CC[C@H](C)CC3)cn2)c(F)c1. The maximum atomic E-state index is 14.1. The molecule has 0 N–H and O–H groups in total. The van der Waals surface area contributed by atoms with Gasteiger partial charge in [-0.3, -0.25) is 4.98 Å². The molecule has 116 valence electrons. The predicted octanol–water partition coefficient (Wildman–Crippen LogP) is 5.19. The van der Waals surface area contributed by atoms with E-state index >= 15 is 0 Å². The van der Waals surface area contributed by atoms with E-state index in [2.05, 4.69) is 18.0 Å². The van der Waals surface area contributed by atoms with Crippen LogP contribution in [-0.4, -0.2) is 12.1 Å². The van der Waals surface area contributed by atoms with Gasteiger partial charge in [0.25, 0.3) is 0 Å². The number of hydrogen-bond donors (Lipinski definition) is 0. The number of nitrogens with zero attached hydrogens (tertiary/aromatic N) is 1. The molecule has 0 aliphatic heterocycles. The van der Waals surface area contributed by atoms with Gasteiger partial charge >= 0.3 is 0 Å². The van der Waals surface area contributed by atoms with E-state index in [-0.39, 0.29) is 5.82 Å². The van der Waals surface area contributed by atoms with Crippen molar-refractivity contribution in [2.24, 2.45) is 5.92 Å². The van der Waals surface area contributed by atoms with Gasteiger partial charge in [0.05, 0.1) is 12.8 Å². The van der Waals surface area contributed by atoms with Crippen molar-refractivity contribution in [2.75, 3.05) is 7.11 Å². The lowest BCUT2D eigenvalue weighted by molar-refractivity contribution is 0.347. The summed E-state index contributed by atoms with van der Waals surface area (Å²) in [5, 5.41) is 0. The molecule has 2 nitrogen and oxygen atoms in total. The number of ether oxygens (including phenoxy) is 1. The van der Waals surface area contributed by atoms with Gasteiger partial charge in [0, 0.05) is 17.8 Å². The Bertz CT molecular complexity index is 630. The number of pyridine rings is 1. The second-order valence-electron chi connectivity index (χ2n) is 6.28. The molecular formula is C19H22FNO. The first-order valence-electron chi connectivity index (χ1n) is 7.97. The molecule has 0 bridgehead atoms. The fourth-order valence-electron chi connectivity index (χ4n) is 3.23. The zero-order valence-electron chi connectivity index (χ0n) is 13.2. The van der Waals surface area contributed by atoms with Crippen molar-refractivity contribution in [1.29, 1.82) is 0 Å². The van der Waals surface area contributed by atoms with Gasteiger partial charge in [-0.05, 0) is 48.4 Å². The number of hydrogen-bond acceptors (Lipinski definition) is 2. The van der Waals surface area contributed by atoms with Crippen LogP contribution in [0.2, 0.25) is 0 Å². The van der Waals surface area contributed by atoms with Gasteiger partial charge in [-0.25, -0.2) is 4.39 Å². The Hall–Kier alpha value is -1.90. The van der Waals surface area contributed by atoms with Crippen LogP contribution in [0.15, 0.2) is 36.5 Å². The van der Waals surface area contributed by atoms with Gasteiger partial charge in [0.1, 0.15) is 11.6 Å². The summed E-state index contributed by atoms with van der Waals surface area (Å²) >= 11 is 0. The third kappa shape index (κ3) is 3.13. The van der Waals surface area contributed by atoms with E-state index in [1.807, 2.05) is 12.3 Å². The third-order valence-electron chi connectivity index (χ3n) is 4.73. The number of methoxy groups -OCH3 is 1. The van der Waals surface area contributed by atoms with Crippen LogP contribution in [0.4, 0.5) is 4.39 Å². The van der Waals surface area contributed by atoms with Crippen LogP contribution >= 0.6 is 0 Å². The molecule has 0 amide bonds. The number of rotatable bonds is 3. The first-order valence-corrected chi connectivity index (χ1v) is 7.97. The zero-order chi connectivity index (χ0) is 15.5. The number of halogens is 1. The van der Waals surface area contributed by atoms with E-state index < -0.39 is 0 Å². The van der Waals surface area contributed by atoms with Gasteiger partial charge in [-0.2, -0.15) is 0 Å². The molecule has 1 fully saturated rings. The maximum absolute atomic E-state index is 14.1. The van der Waals surface area contributed by atoms with Crippen molar-refractivity contribution in [1.82, 2.24) is 4.98 Å². The lowest BCUT2D eigenvalue weighted by Crippen LogP contribution is -2.11. The average molecular weight is 299 g/mol. The van der Waals surface area contributed by atoms with E-state index in [4.69, 9.17) is 4.74 Å². The first-order chi connectivity index (χ1) is 10.7. The Kier molecular flexibility index (Phi) is 4.41. The highest BCUT2D eigenvalue weighted by Crippen LogP contribution is 2.35. The minimum Gasteiger partial charge on any atom is -0.497 e. The highest BCUT2D eigenvalue weighted by molar-refractivity contribution is 5.61. The number of aromatic nitrogens is 1. The quantitative estimate of drug-likeness (QED) is 0.778. The molecule has 1 aliphatic rings. The van der Waals surface area contributed by atoms with Gasteiger partial charge in [-0.15, -0.1) is 0 Å². The van der Waals surface area contributed by atoms with Crippen molar-refractivity contribution in [2.45, 2.75) is 38.5 Å². The minimum atomic E-state index is -0.300. The second-order valence-corrected chi connectivity index (χ2v) is 6.28. The first kappa shape index (κ1) is 15.0. The monoisotopic (exact) mass is 299 g/mol. The van der Waals surface area contributed by atoms with E-state index in [0.29, 0.717) is 22.9 Å². The van der Waals surface area contributed by atoms with Crippen molar-refractivity contribution < 1.29 is 9.13 Å². The van der Waals surface area contributed by atoms with Gasteiger partial charge in [0.2, 0.25) is 0 Å². The van der Waals surface area contributed by atoms with Crippen molar-refractivity contribution >= 4 is 0 Å². The summed E-state index contributed by atoms with van der Waals surface area (Å²) in [7, 11) is 1.53. The molecule has 2 aromatic rings. The van der Waals surface area contributed by atoms with Gasteiger partial charge < -0.3 is 4.74 Å². The standard InChI is InChI=1S/C19H22FNO/c1-13-3-5-14(6-4-13)15-7-10-19(21-12-15)17-9-8-16(22-2)11-18(17)20/h7-14H,3-6H2,1-2H3/t13-,14-. The summed E-state index contributed by atoms with van der Waals surface area (Å²) in [4.78, 5) is 4.48. The highest BCUT2D eigenvalue weighted by atomic mass is 19.1. The minimum absolute atomic E-state index is 0.300. The summed E-state index contributed by atoms with van der Waals surface area (Å²) in [6.45, 7) is 2.32. The molecule has 1 aromatic heterocycles. The zero-order valence-corrected chi connectivity index (χ0v) is 13.2. The Morgan fingerprint density at radius 2 is 1.86 bits per heavy atom. The largest absolute Gasteiger partial charge is 0.497 e. The van der Waals surface area contributed by atoms with E-state index in [1.165, 1.54) is 44.4 Å². The maximum Gasteiger partial charge on any atom is 0.136 e. The Morgan fingerprint density at radius 3 is 2.45 bits per heavy atom. The summed E-state index contributed by atoms with van der Waals surface area (Å²) in [6.07, 6.45) is 6.97. The Morgan fingerprint density at radius 1 is 1.09 bits per heavy atom. The molecule has 0 radical (unpaired) electrons. The van der Waals surface area contributed by atoms with Crippen LogP contribution < -0.4 is 4.74 Å². The van der Waals surface area contributed by atoms with Crippen LogP contribution in [-0.2, 0) is 0 Å². The van der Waals surface area contributed by atoms with Gasteiger partial charge in [-0.1, -0.05) is 25.8 Å². The molecule has 3 rings (SSSR count). The van der Waals surface area contributed by atoms with Crippen LogP contribution in [0, 0.1) is 11.7 Å². The van der Waals surface area contributed by atoms with Crippen LogP contribution in [0.3, 0.4) is 0 Å². The summed E-state index contributed by atoms with van der Waals surface area (Å²) in [6, 6.07) is 8.91. The summed E-state index contributed by atoms with van der Waals surface area (Å²) in [5.74, 6) is 1.68. The Labute approximate surface area is 131 Å². The lowest BCUT2D eigenvalue weighted by Gasteiger charge is -2.26. The fraction of sp³-hybridized carbons (Fsp3) is 0.421. The highest BCUT2D eigenvalue weighted by Gasteiger charge is 2.20. The summed E-state index contributed by atoms with van der Waals surface area (Å²) in [5.41, 5.74) is 2.47. The molecule has 1 saturated carbocycles. The van der Waals surface area contributed by atoms with E-state index in [9.17, 15) is 4.39 Å². The Balaban J connectivity index is 1.79. The molecule has 1 heterocycles. The number of benzene rings is 1. The topological polar surface area (TPSA) is 22.1 Å². The van der Waals surface area contributed by atoms with Crippen molar-refractivity contribution in [3.8, 4) is 17.0 Å². The molecule has 22 heavy (non-hydrogen) atoms. The van der Waals surface area contributed by atoms with E-state index in [0.717, 1.165) is 5.92 Å². The van der Waals surface area contributed by atoms with Gasteiger partial charge in [0.15, 0.2) is 0 Å². The molecule has 1 aliphatic carbocycles. The molecule has 0 unspecified atom stereocenters. The van der Waals surface area contributed by atoms with Crippen LogP contribution in [0.25, 0.3) is 11.3 Å². The van der Waals surface area contributed by atoms with Crippen molar-refractivity contribution in [3.63, 3.8) is 0 Å². The fourth-order valence-corrected chi connectivity index (χ4v) is 3.23. The molecule has 0 spiro atoms.